The van der Waals surface area contributed by atoms with Crippen molar-refractivity contribution in [2.75, 3.05) is 13.7 Å². The number of benzene rings is 2. The Morgan fingerprint density at radius 3 is 2.74 bits per heavy atom. The van der Waals surface area contributed by atoms with E-state index in [0.717, 1.165) is 34.8 Å². The van der Waals surface area contributed by atoms with Gasteiger partial charge in [-0.3, -0.25) is 0 Å². The molecule has 0 spiro atoms. The molecule has 1 N–H and O–H groups in total. The normalized spacial score (nSPS) is 23.1. The molecule has 2 heterocycles. The molecule has 142 valence electrons. The van der Waals surface area contributed by atoms with E-state index in [1.807, 2.05) is 31.2 Å². The number of rotatable bonds is 5. The van der Waals surface area contributed by atoms with Crippen molar-refractivity contribution in [1.29, 1.82) is 0 Å². The highest BCUT2D eigenvalue weighted by Gasteiger charge is 2.48. The van der Waals surface area contributed by atoms with Crippen molar-refractivity contribution in [3.8, 4) is 17.2 Å². The molecule has 2 aromatic carbocycles. The SMILES string of the molecule is CCOc1cccc2c1O[C@]1(C)C[C@@H]2NC(=S)N1Cc1ccc(OC)cc1. The summed E-state index contributed by atoms with van der Waals surface area (Å²) in [4.78, 5) is 2.12. The molecule has 0 aliphatic carbocycles. The van der Waals surface area contributed by atoms with Gasteiger partial charge in [-0.2, -0.15) is 0 Å². The van der Waals surface area contributed by atoms with Crippen LogP contribution >= 0.6 is 12.2 Å². The Morgan fingerprint density at radius 2 is 2.04 bits per heavy atom. The van der Waals surface area contributed by atoms with Gasteiger partial charge in [-0.25, -0.2) is 0 Å². The van der Waals surface area contributed by atoms with Crippen LogP contribution in [0.15, 0.2) is 42.5 Å². The number of nitrogens with zero attached hydrogens (tertiary/aromatic N) is 1. The number of thiocarbonyl (C=S) groups is 1. The van der Waals surface area contributed by atoms with E-state index in [1.54, 1.807) is 7.11 Å². The van der Waals surface area contributed by atoms with Gasteiger partial charge >= 0.3 is 0 Å². The summed E-state index contributed by atoms with van der Waals surface area (Å²) in [7, 11) is 1.67. The van der Waals surface area contributed by atoms with Gasteiger partial charge in [0.1, 0.15) is 5.75 Å². The first-order valence-corrected chi connectivity index (χ1v) is 9.60. The monoisotopic (exact) mass is 384 g/mol. The van der Waals surface area contributed by atoms with Gasteiger partial charge in [-0.15, -0.1) is 0 Å². The average Bonchev–Trinajstić information content (AvgIpc) is 2.66. The lowest BCUT2D eigenvalue weighted by atomic mass is 9.90. The predicted octanol–water partition coefficient (Wildman–Crippen LogP) is 4.02. The number of methoxy groups -OCH3 is 1. The fourth-order valence-electron chi connectivity index (χ4n) is 3.82. The van der Waals surface area contributed by atoms with Crippen molar-refractivity contribution in [2.45, 2.75) is 38.6 Å². The Balaban J connectivity index is 1.66. The quantitative estimate of drug-likeness (QED) is 0.786. The number of ether oxygens (including phenoxy) is 3. The van der Waals surface area contributed by atoms with Crippen molar-refractivity contribution < 1.29 is 14.2 Å². The minimum atomic E-state index is -0.535. The number of para-hydroxylation sites is 1. The first kappa shape index (κ1) is 17.9. The van der Waals surface area contributed by atoms with Crippen LogP contribution in [0.4, 0.5) is 0 Å². The zero-order chi connectivity index (χ0) is 19.0. The van der Waals surface area contributed by atoms with Crippen molar-refractivity contribution in [2.24, 2.45) is 0 Å². The molecule has 0 unspecified atom stereocenters. The summed E-state index contributed by atoms with van der Waals surface area (Å²) >= 11 is 5.69. The van der Waals surface area contributed by atoms with E-state index in [4.69, 9.17) is 26.4 Å². The molecule has 1 saturated heterocycles. The van der Waals surface area contributed by atoms with Crippen molar-refractivity contribution in [3.05, 3.63) is 53.6 Å². The van der Waals surface area contributed by atoms with E-state index < -0.39 is 5.72 Å². The van der Waals surface area contributed by atoms with Crippen LogP contribution in [0, 0.1) is 0 Å². The molecular formula is C21H24N2O3S. The third-order valence-electron chi connectivity index (χ3n) is 5.20. The molecule has 2 bridgehead atoms. The van der Waals surface area contributed by atoms with Gasteiger partial charge in [0.2, 0.25) is 0 Å². The molecule has 2 atom stereocenters. The fourth-order valence-corrected chi connectivity index (χ4v) is 4.22. The maximum atomic E-state index is 6.52. The van der Waals surface area contributed by atoms with Gasteiger partial charge < -0.3 is 24.4 Å². The second-order valence-corrected chi connectivity index (χ2v) is 7.41. The average molecular weight is 385 g/mol. The maximum absolute atomic E-state index is 6.52. The van der Waals surface area contributed by atoms with Gasteiger partial charge in [0.25, 0.3) is 0 Å². The molecule has 0 saturated carbocycles. The van der Waals surface area contributed by atoms with Crippen LogP contribution in [0.25, 0.3) is 0 Å². The zero-order valence-corrected chi connectivity index (χ0v) is 16.6. The second kappa shape index (κ2) is 6.93. The van der Waals surface area contributed by atoms with Gasteiger partial charge in [0.15, 0.2) is 22.3 Å². The maximum Gasteiger partial charge on any atom is 0.184 e. The van der Waals surface area contributed by atoms with E-state index in [1.165, 1.54) is 0 Å². The van der Waals surface area contributed by atoms with Crippen molar-refractivity contribution in [3.63, 3.8) is 0 Å². The molecule has 2 aliphatic rings. The fraction of sp³-hybridized carbons (Fsp3) is 0.381. The molecule has 0 radical (unpaired) electrons. The summed E-state index contributed by atoms with van der Waals surface area (Å²) in [6.45, 7) is 5.34. The van der Waals surface area contributed by atoms with E-state index in [9.17, 15) is 0 Å². The summed E-state index contributed by atoms with van der Waals surface area (Å²) in [6.07, 6.45) is 0.811. The number of hydrogen-bond acceptors (Lipinski definition) is 4. The van der Waals surface area contributed by atoms with E-state index >= 15 is 0 Å². The number of fused-ring (bicyclic) bond motifs is 4. The molecule has 4 rings (SSSR count). The Kier molecular flexibility index (Phi) is 4.60. The molecular weight excluding hydrogens is 360 g/mol. The Hall–Kier alpha value is -2.47. The topological polar surface area (TPSA) is 43.0 Å². The molecule has 1 fully saturated rings. The zero-order valence-electron chi connectivity index (χ0n) is 15.8. The molecule has 6 heteroatoms. The highest BCUT2D eigenvalue weighted by molar-refractivity contribution is 7.80. The molecule has 0 aromatic heterocycles. The summed E-state index contributed by atoms with van der Waals surface area (Å²) in [5.74, 6) is 2.44. The first-order chi connectivity index (χ1) is 13.0. The first-order valence-electron chi connectivity index (χ1n) is 9.20. The predicted molar refractivity (Wildman–Crippen MR) is 108 cm³/mol. The third kappa shape index (κ3) is 3.18. The standard InChI is InChI=1S/C21H24N2O3S/c1-4-25-18-7-5-6-16-17-12-21(2,26-19(16)18)23(20(27)22-17)13-14-8-10-15(24-3)11-9-14/h5-11,17H,4,12-13H2,1-3H3,(H,22,27)/t17-,21+/m0/s1. The molecule has 2 aromatic rings. The van der Waals surface area contributed by atoms with Crippen LogP contribution in [-0.4, -0.2) is 29.5 Å². The lowest BCUT2D eigenvalue weighted by Gasteiger charge is -2.52. The van der Waals surface area contributed by atoms with Crippen molar-refractivity contribution >= 4 is 17.3 Å². The largest absolute Gasteiger partial charge is 0.497 e. The Labute approximate surface area is 165 Å². The minimum Gasteiger partial charge on any atom is -0.497 e. The van der Waals surface area contributed by atoms with Crippen LogP contribution in [0.1, 0.15) is 37.4 Å². The molecule has 27 heavy (non-hydrogen) atoms. The smallest absolute Gasteiger partial charge is 0.184 e. The van der Waals surface area contributed by atoms with E-state index in [2.05, 4.69) is 35.3 Å². The highest BCUT2D eigenvalue weighted by Crippen LogP contribution is 2.48. The minimum absolute atomic E-state index is 0.124. The number of nitrogens with one attached hydrogen (secondary N) is 1. The lowest BCUT2D eigenvalue weighted by Crippen LogP contribution is -2.64. The molecule has 5 nitrogen and oxygen atoms in total. The third-order valence-corrected chi connectivity index (χ3v) is 5.54. The summed E-state index contributed by atoms with van der Waals surface area (Å²) < 4.78 is 17.6. The Bertz CT molecular complexity index is 855. The van der Waals surface area contributed by atoms with Gasteiger partial charge in [-0.1, -0.05) is 24.3 Å². The summed E-state index contributed by atoms with van der Waals surface area (Å²) in [5.41, 5.74) is 1.71. The van der Waals surface area contributed by atoms with Crippen LogP contribution in [0.5, 0.6) is 17.2 Å². The molecule has 2 aliphatic heterocycles. The second-order valence-electron chi connectivity index (χ2n) is 7.03. The van der Waals surface area contributed by atoms with Crippen molar-refractivity contribution in [1.82, 2.24) is 10.2 Å². The number of hydrogen-bond donors (Lipinski definition) is 1. The van der Waals surface area contributed by atoms with Gasteiger partial charge in [-0.05, 0) is 49.8 Å². The highest BCUT2D eigenvalue weighted by atomic mass is 32.1. The Morgan fingerprint density at radius 1 is 1.26 bits per heavy atom. The molecule has 0 amide bonds. The lowest BCUT2D eigenvalue weighted by molar-refractivity contribution is -0.0738. The summed E-state index contributed by atoms with van der Waals surface area (Å²) in [6, 6.07) is 14.2. The summed E-state index contributed by atoms with van der Waals surface area (Å²) in [5, 5.41) is 4.19. The van der Waals surface area contributed by atoms with E-state index in [0.29, 0.717) is 18.3 Å². The van der Waals surface area contributed by atoms with Crippen LogP contribution < -0.4 is 19.5 Å². The van der Waals surface area contributed by atoms with Gasteiger partial charge in [0.05, 0.1) is 19.8 Å². The van der Waals surface area contributed by atoms with Gasteiger partial charge in [0, 0.05) is 18.5 Å². The van der Waals surface area contributed by atoms with E-state index in [-0.39, 0.29) is 6.04 Å². The van der Waals surface area contributed by atoms with Crippen LogP contribution in [0.2, 0.25) is 0 Å². The van der Waals surface area contributed by atoms with Crippen LogP contribution in [0.3, 0.4) is 0 Å². The van der Waals surface area contributed by atoms with Crippen LogP contribution in [-0.2, 0) is 6.54 Å².